The van der Waals surface area contributed by atoms with E-state index in [1.165, 1.54) is 12.1 Å². The highest BCUT2D eigenvalue weighted by Crippen LogP contribution is 2.31. The molecule has 0 amide bonds. The van der Waals surface area contributed by atoms with E-state index >= 15 is 0 Å². The summed E-state index contributed by atoms with van der Waals surface area (Å²) in [6.07, 6.45) is 2.49. The summed E-state index contributed by atoms with van der Waals surface area (Å²) in [5, 5.41) is 0.0941. The van der Waals surface area contributed by atoms with Gasteiger partial charge in [-0.2, -0.15) is 0 Å². The van der Waals surface area contributed by atoms with Gasteiger partial charge in [-0.05, 0) is 47.4 Å². The first-order valence-corrected chi connectivity index (χ1v) is 7.48. The van der Waals surface area contributed by atoms with Crippen molar-refractivity contribution in [3.05, 3.63) is 82.8 Å². The highest BCUT2D eigenvalue weighted by atomic mass is 35.5. The molecule has 0 atom stereocenters. The number of aromatic nitrogens is 1. The van der Waals surface area contributed by atoms with Gasteiger partial charge in [0, 0.05) is 11.8 Å². The molecule has 0 N–H and O–H groups in total. The van der Waals surface area contributed by atoms with Crippen LogP contribution in [-0.4, -0.2) is 12.1 Å². The fourth-order valence-corrected chi connectivity index (χ4v) is 2.52. The largest absolute Gasteiger partial charge is 0.481 e. The molecule has 4 heteroatoms. The predicted octanol–water partition coefficient (Wildman–Crippen LogP) is 4.94. The molecule has 0 unspecified atom stereocenters. The summed E-state index contributed by atoms with van der Waals surface area (Å²) in [6, 6.07) is 17.5. The smallest absolute Gasteiger partial charge is 0.221 e. The van der Waals surface area contributed by atoms with Gasteiger partial charge >= 0.3 is 0 Å². The molecule has 0 saturated carbocycles. The molecule has 0 aliphatic carbocycles. The van der Waals surface area contributed by atoms with Gasteiger partial charge < -0.3 is 4.74 Å². The molecule has 0 bridgehead atoms. The Labute approximate surface area is 139 Å². The van der Waals surface area contributed by atoms with Crippen LogP contribution in [0.25, 0.3) is 11.1 Å². The molecule has 1 heterocycles. The summed E-state index contributed by atoms with van der Waals surface area (Å²) in [6.45, 7) is 0. The van der Waals surface area contributed by atoms with Crippen LogP contribution >= 0.6 is 11.6 Å². The van der Waals surface area contributed by atoms with Crippen LogP contribution in [0.4, 0.5) is 4.39 Å². The van der Waals surface area contributed by atoms with Crippen LogP contribution in [0.2, 0.25) is 5.02 Å². The molecule has 3 rings (SSSR count). The predicted molar refractivity (Wildman–Crippen MR) is 89.3 cm³/mol. The van der Waals surface area contributed by atoms with Crippen molar-refractivity contribution in [1.29, 1.82) is 0 Å². The van der Waals surface area contributed by atoms with Crippen molar-refractivity contribution < 1.29 is 9.13 Å². The maximum atomic E-state index is 13.8. The Hall–Kier alpha value is -2.39. The third kappa shape index (κ3) is 3.51. The fourth-order valence-electron chi connectivity index (χ4n) is 2.40. The van der Waals surface area contributed by atoms with E-state index in [1.807, 2.05) is 30.3 Å². The normalized spacial score (nSPS) is 10.6. The molecule has 1 radical (unpaired) electrons. The van der Waals surface area contributed by atoms with E-state index in [1.54, 1.807) is 19.4 Å². The van der Waals surface area contributed by atoms with Gasteiger partial charge in [0.1, 0.15) is 5.82 Å². The van der Waals surface area contributed by atoms with E-state index in [4.69, 9.17) is 16.3 Å². The van der Waals surface area contributed by atoms with E-state index in [9.17, 15) is 4.39 Å². The quantitative estimate of drug-likeness (QED) is 0.677. The molecule has 0 spiro atoms. The van der Waals surface area contributed by atoms with Crippen molar-refractivity contribution in [3.63, 3.8) is 0 Å². The molecule has 2 aromatic carbocycles. The minimum Gasteiger partial charge on any atom is -0.481 e. The Morgan fingerprint density at radius 1 is 1.22 bits per heavy atom. The zero-order valence-electron chi connectivity index (χ0n) is 12.5. The van der Waals surface area contributed by atoms with Crippen LogP contribution in [0.5, 0.6) is 5.88 Å². The van der Waals surface area contributed by atoms with Crippen LogP contribution < -0.4 is 4.74 Å². The molecule has 2 nitrogen and oxygen atoms in total. The number of pyridine rings is 1. The van der Waals surface area contributed by atoms with Crippen LogP contribution in [0.15, 0.2) is 54.7 Å². The second-order valence-electron chi connectivity index (χ2n) is 5.12. The van der Waals surface area contributed by atoms with Gasteiger partial charge in [-0.15, -0.1) is 0 Å². The SMILES string of the molecule is COc1ncc(Cc2c[c]ccc2)cc1-c1ccc(Cl)c(F)c1. The van der Waals surface area contributed by atoms with E-state index in [2.05, 4.69) is 11.1 Å². The van der Waals surface area contributed by atoms with Crippen LogP contribution in [0.1, 0.15) is 11.1 Å². The highest BCUT2D eigenvalue weighted by Gasteiger charge is 2.11. The first-order chi connectivity index (χ1) is 11.2. The molecular formula is C19H14ClFNO. The van der Waals surface area contributed by atoms with Crippen LogP contribution in [0, 0.1) is 11.9 Å². The standard InChI is InChI=1S/C19H14ClFNO/c1-23-19-16(15-7-8-17(20)18(21)11-15)10-14(12-22-19)9-13-5-3-2-4-6-13/h2-3,5-8,10-12H,9H2,1H3. The summed E-state index contributed by atoms with van der Waals surface area (Å²) in [7, 11) is 1.55. The maximum absolute atomic E-state index is 13.8. The third-order valence-electron chi connectivity index (χ3n) is 3.51. The lowest BCUT2D eigenvalue weighted by atomic mass is 10.0. The van der Waals surface area contributed by atoms with Crippen molar-refractivity contribution in [2.45, 2.75) is 6.42 Å². The van der Waals surface area contributed by atoms with Gasteiger partial charge in [-0.1, -0.05) is 41.9 Å². The Bertz CT molecular complexity index is 821. The maximum Gasteiger partial charge on any atom is 0.221 e. The number of nitrogens with zero attached hydrogens (tertiary/aromatic N) is 1. The van der Waals surface area contributed by atoms with Crippen LogP contribution in [-0.2, 0) is 6.42 Å². The zero-order valence-corrected chi connectivity index (χ0v) is 13.3. The highest BCUT2D eigenvalue weighted by molar-refractivity contribution is 6.30. The van der Waals surface area contributed by atoms with Gasteiger partial charge in [0.2, 0.25) is 5.88 Å². The average molecular weight is 327 g/mol. The number of hydrogen-bond acceptors (Lipinski definition) is 2. The Morgan fingerprint density at radius 3 is 2.78 bits per heavy atom. The Morgan fingerprint density at radius 2 is 2.09 bits per heavy atom. The van der Waals surface area contributed by atoms with Gasteiger partial charge in [0.05, 0.1) is 12.1 Å². The number of ether oxygens (including phenoxy) is 1. The van der Waals surface area contributed by atoms with Crippen molar-refractivity contribution in [1.82, 2.24) is 4.98 Å². The molecule has 0 saturated heterocycles. The van der Waals surface area contributed by atoms with Crippen molar-refractivity contribution in [2.24, 2.45) is 0 Å². The van der Waals surface area contributed by atoms with Crippen molar-refractivity contribution in [2.75, 3.05) is 7.11 Å². The average Bonchev–Trinajstić information content (AvgIpc) is 2.58. The monoisotopic (exact) mass is 326 g/mol. The van der Waals surface area contributed by atoms with Gasteiger partial charge in [-0.3, -0.25) is 0 Å². The van der Waals surface area contributed by atoms with E-state index in [0.29, 0.717) is 11.4 Å². The van der Waals surface area contributed by atoms with Gasteiger partial charge in [-0.25, -0.2) is 9.37 Å². The number of benzene rings is 2. The topological polar surface area (TPSA) is 22.1 Å². The summed E-state index contributed by atoms with van der Waals surface area (Å²) in [4.78, 5) is 4.33. The molecule has 0 aliphatic heterocycles. The molecule has 23 heavy (non-hydrogen) atoms. The molecular weight excluding hydrogens is 313 g/mol. The second-order valence-corrected chi connectivity index (χ2v) is 5.52. The summed E-state index contributed by atoms with van der Waals surface area (Å²) >= 11 is 5.76. The molecule has 0 fully saturated rings. The molecule has 1 aromatic heterocycles. The number of halogens is 2. The third-order valence-corrected chi connectivity index (χ3v) is 3.82. The minimum absolute atomic E-state index is 0.0941. The summed E-state index contributed by atoms with van der Waals surface area (Å²) < 4.78 is 19.1. The number of rotatable bonds is 4. The summed E-state index contributed by atoms with van der Waals surface area (Å²) in [5.74, 6) is -0.00983. The van der Waals surface area contributed by atoms with Crippen molar-refractivity contribution >= 4 is 11.6 Å². The second kappa shape index (κ2) is 6.80. The van der Waals surface area contributed by atoms with Gasteiger partial charge in [0.25, 0.3) is 0 Å². The van der Waals surface area contributed by atoms with Gasteiger partial charge in [0.15, 0.2) is 0 Å². The zero-order chi connectivity index (χ0) is 16.2. The lowest BCUT2D eigenvalue weighted by Gasteiger charge is -2.11. The number of hydrogen-bond donors (Lipinski definition) is 0. The number of methoxy groups -OCH3 is 1. The van der Waals surface area contributed by atoms with E-state index < -0.39 is 5.82 Å². The Balaban J connectivity index is 2.00. The van der Waals surface area contributed by atoms with Crippen LogP contribution in [0.3, 0.4) is 0 Å². The first kappa shape index (κ1) is 15.5. The lowest BCUT2D eigenvalue weighted by Crippen LogP contribution is -1.96. The van der Waals surface area contributed by atoms with Crippen molar-refractivity contribution in [3.8, 4) is 17.0 Å². The summed E-state index contributed by atoms with van der Waals surface area (Å²) in [5.41, 5.74) is 3.56. The fraction of sp³-hybridized carbons (Fsp3) is 0.105. The van der Waals surface area contributed by atoms with E-state index in [-0.39, 0.29) is 5.02 Å². The van der Waals surface area contributed by atoms with E-state index in [0.717, 1.165) is 23.1 Å². The Kier molecular flexibility index (Phi) is 4.58. The molecule has 3 aromatic rings. The molecule has 115 valence electrons. The lowest BCUT2D eigenvalue weighted by molar-refractivity contribution is 0.399. The first-order valence-electron chi connectivity index (χ1n) is 7.10. The molecule has 0 aliphatic rings. The minimum atomic E-state index is -0.464.